The smallest absolute Gasteiger partial charge is 0.101 e. The van der Waals surface area contributed by atoms with Crippen LogP contribution in [-0.4, -0.2) is 42.8 Å². The zero-order chi connectivity index (χ0) is 21.2. The normalized spacial score (nSPS) is 16.3. The molecule has 0 saturated carbocycles. The Kier molecular flexibility index (Phi) is 5.64. The van der Waals surface area contributed by atoms with E-state index >= 15 is 0 Å². The van der Waals surface area contributed by atoms with Crippen molar-refractivity contribution in [2.24, 2.45) is 5.73 Å². The molecule has 0 bridgehead atoms. The summed E-state index contributed by atoms with van der Waals surface area (Å²) in [6.45, 7) is 6.48. The summed E-state index contributed by atoms with van der Waals surface area (Å²) in [5, 5.41) is 5.98. The number of H-pyrrole nitrogens is 1. The monoisotopic (exact) mass is 414 g/mol. The number of anilines is 1. The quantitative estimate of drug-likeness (QED) is 0.483. The average molecular weight is 415 g/mol. The first-order valence-corrected chi connectivity index (χ1v) is 11.2. The zero-order valence-electron chi connectivity index (χ0n) is 18.1. The molecule has 1 aliphatic rings. The van der Waals surface area contributed by atoms with Crippen LogP contribution in [0.1, 0.15) is 24.2 Å². The van der Waals surface area contributed by atoms with E-state index in [4.69, 9.17) is 10.6 Å². The van der Waals surface area contributed by atoms with E-state index in [1.807, 2.05) is 0 Å². The van der Waals surface area contributed by atoms with Gasteiger partial charge >= 0.3 is 0 Å². The molecule has 160 valence electrons. The third kappa shape index (κ3) is 4.04. The fourth-order valence-electron chi connectivity index (χ4n) is 4.61. The Hall–Kier alpha value is -2.86. The first-order valence-electron chi connectivity index (χ1n) is 11.2. The van der Waals surface area contributed by atoms with Gasteiger partial charge in [0, 0.05) is 54.4 Å². The lowest BCUT2D eigenvalue weighted by molar-refractivity contribution is -0.197. The minimum absolute atomic E-state index is 0.00846. The molecule has 5 heteroatoms. The molecule has 1 fully saturated rings. The largest absolute Gasteiger partial charge is 0.368 e. The van der Waals surface area contributed by atoms with Crippen molar-refractivity contribution in [2.75, 3.05) is 37.6 Å². The number of fused-ring (bicyclic) bond motifs is 2. The van der Waals surface area contributed by atoms with Crippen molar-refractivity contribution in [1.29, 1.82) is 0 Å². The number of aromatic amines is 1. The second-order valence-electron chi connectivity index (χ2n) is 8.32. The van der Waals surface area contributed by atoms with Gasteiger partial charge in [0.25, 0.3) is 0 Å². The standard InChI is InChI=1S/C26H30N4O/c1-19(21-9-10-25-24(17-21)22(11-12-27)18-28-25)31-30-15-13-29(14-16-30)26-8-4-6-20-5-2-3-7-23(20)26/h2-10,17-19,28H,11-16,27H2,1H3. The van der Waals surface area contributed by atoms with Gasteiger partial charge in [0.2, 0.25) is 0 Å². The SMILES string of the molecule is CC(ON1CCN(c2cccc3ccccc23)CC1)c1ccc2[nH]cc(CCN)c2c1. The van der Waals surface area contributed by atoms with Gasteiger partial charge in [-0.05, 0) is 54.6 Å². The molecule has 1 aromatic heterocycles. The molecule has 1 unspecified atom stereocenters. The van der Waals surface area contributed by atoms with Gasteiger partial charge in [-0.15, -0.1) is 0 Å². The number of nitrogens with zero attached hydrogens (tertiary/aromatic N) is 2. The van der Waals surface area contributed by atoms with Crippen molar-refractivity contribution in [3.8, 4) is 0 Å². The van der Waals surface area contributed by atoms with Crippen molar-refractivity contribution in [3.05, 3.63) is 78.0 Å². The number of rotatable bonds is 6. The summed E-state index contributed by atoms with van der Waals surface area (Å²) in [6, 6.07) is 21.7. The summed E-state index contributed by atoms with van der Waals surface area (Å²) in [6.07, 6.45) is 2.96. The van der Waals surface area contributed by atoms with Crippen LogP contribution in [0, 0.1) is 0 Å². The van der Waals surface area contributed by atoms with Crippen LogP contribution >= 0.6 is 0 Å². The first-order chi connectivity index (χ1) is 15.2. The minimum atomic E-state index is 0.00846. The third-order valence-electron chi connectivity index (χ3n) is 6.33. The van der Waals surface area contributed by atoms with E-state index in [0.29, 0.717) is 6.54 Å². The molecule has 1 saturated heterocycles. The Morgan fingerprint density at radius 3 is 2.61 bits per heavy atom. The lowest BCUT2D eigenvalue weighted by Crippen LogP contribution is -2.46. The van der Waals surface area contributed by atoms with E-state index < -0.39 is 0 Å². The number of piperazine rings is 1. The van der Waals surface area contributed by atoms with Crippen molar-refractivity contribution in [1.82, 2.24) is 10.0 Å². The first kappa shape index (κ1) is 20.1. The van der Waals surface area contributed by atoms with Crippen molar-refractivity contribution < 1.29 is 4.84 Å². The molecule has 1 atom stereocenters. The molecule has 2 heterocycles. The van der Waals surface area contributed by atoms with E-state index in [9.17, 15) is 0 Å². The van der Waals surface area contributed by atoms with Gasteiger partial charge in [-0.3, -0.25) is 4.84 Å². The molecule has 5 nitrogen and oxygen atoms in total. The predicted molar refractivity (Wildman–Crippen MR) is 128 cm³/mol. The number of hydrogen-bond acceptors (Lipinski definition) is 4. The molecule has 5 rings (SSSR count). The highest BCUT2D eigenvalue weighted by Crippen LogP contribution is 2.29. The van der Waals surface area contributed by atoms with Crippen LogP contribution in [0.25, 0.3) is 21.7 Å². The minimum Gasteiger partial charge on any atom is -0.368 e. The lowest BCUT2D eigenvalue weighted by atomic mass is 10.0. The predicted octanol–water partition coefficient (Wildman–Crippen LogP) is 4.64. The molecule has 4 aromatic rings. The van der Waals surface area contributed by atoms with Crippen LogP contribution in [0.2, 0.25) is 0 Å². The maximum Gasteiger partial charge on any atom is 0.101 e. The summed E-state index contributed by atoms with van der Waals surface area (Å²) < 4.78 is 0. The van der Waals surface area contributed by atoms with Gasteiger partial charge in [-0.2, -0.15) is 5.06 Å². The Balaban J connectivity index is 1.25. The van der Waals surface area contributed by atoms with Crippen LogP contribution < -0.4 is 10.6 Å². The summed E-state index contributed by atoms with van der Waals surface area (Å²) >= 11 is 0. The maximum atomic E-state index is 6.35. The van der Waals surface area contributed by atoms with E-state index in [0.717, 1.165) is 38.1 Å². The second kappa shape index (κ2) is 8.71. The fourth-order valence-corrected chi connectivity index (χ4v) is 4.61. The Labute approximate surface area is 183 Å². The van der Waals surface area contributed by atoms with Gasteiger partial charge in [-0.1, -0.05) is 42.5 Å². The number of aromatic nitrogens is 1. The van der Waals surface area contributed by atoms with Gasteiger partial charge in [0.1, 0.15) is 6.10 Å². The molecule has 0 radical (unpaired) electrons. The third-order valence-corrected chi connectivity index (χ3v) is 6.33. The van der Waals surface area contributed by atoms with Crippen LogP contribution in [0.3, 0.4) is 0 Å². The van der Waals surface area contributed by atoms with Crippen LogP contribution in [0.4, 0.5) is 5.69 Å². The number of hydroxylamine groups is 2. The van der Waals surface area contributed by atoms with Gasteiger partial charge in [0.15, 0.2) is 0 Å². The molecule has 0 amide bonds. The second-order valence-corrected chi connectivity index (χ2v) is 8.32. The number of nitrogens with two attached hydrogens (primary N) is 1. The van der Waals surface area contributed by atoms with Crippen LogP contribution in [0.5, 0.6) is 0 Å². The average Bonchev–Trinajstić information content (AvgIpc) is 3.21. The molecule has 0 spiro atoms. The molecular weight excluding hydrogens is 384 g/mol. The lowest BCUT2D eigenvalue weighted by Gasteiger charge is -2.37. The van der Waals surface area contributed by atoms with Crippen molar-refractivity contribution in [3.63, 3.8) is 0 Å². The van der Waals surface area contributed by atoms with Crippen molar-refractivity contribution >= 4 is 27.4 Å². The van der Waals surface area contributed by atoms with E-state index in [1.165, 1.54) is 33.0 Å². The summed E-state index contributed by atoms with van der Waals surface area (Å²) in [5.41, 5.74) is 10.7. The Morgan fingerprint density at radius 2 is 1.77 bits per heavy atom. The molecular formula is C26H30N4O. The van der Waals surface area contributed by atoms with Gasteiger partial charge < -0.3 is 15.6 Å². The van der Waals surface area contributed by atoms with Crippen LogP contribution in [-0.2, 0) is 11.3 Å². The Bertz CT molecular complexity index is 1170. The number of benzene rings is 3. The summed E-state index contributed by atoms with van der Waals surface area (Å²) in [7, 11) is 0. The van der Waals surface area contributed by atoms with E-state index in [-0.39, 0.29) is 6.10 Å². The molecule has 0 aliphatic carbocycles. The number of hydrogen-bond donors (Lipinski definition) is 2. The molecule has 31 heavy (non-hydrogen) atoms. The highest BCUT2D eigenvalue weighted by Gasteiger charge is 2.21. The number of nitrogens with one attached hydrogen (secondary N) is 1. The molecule has 3 N–H and O–H groups in total. The van der Waals surface area contributed by atoms with Gasteiger partial charge in [0.05, 0.1) is 0 Å². The fraction of sp³-hybridized carbons (Fsp3) is 0.308. The maximum absolute atomic E-state index is 6.35. The van der Waals surface area contributed by atoms with E-state index in [2.05, 4.69) is 88.7 Å². The van der Waals surface area contributed by atoms with Gasteiger partial charge in [-0.25, -0.2) is 0 Å². The zero-order valence-corrected chi connectivity index (χ0v) is 18.1. The van der Waals surface area contributed by atoms with Crippen LogP contribution in [0.15, 0.2) is 66.9 Å². The van der Waals surface area contributed by atoms with Crippen molar-refractivity contribution in [2.45, 2.75) is 19.4 Å². The molecule has 3 aromatic carbocycles. The highest BCUT2D eigenvalue weighted by molar-refractivity contribution is 5.94. The highest BCUT2D eigenvalue weighted by atomic mass is 16.7. The summed E-state index contributed by atoms with van der Waals surface area (Å²) in [4.78, 5) is 12.2. The molecule has 1 aliphatic heterocycles. The van der Waals surface area contributed by atoms with E-state index in [1.54, 1.807) is 0 Å². The Morgan fingerprint density at radius 1 is 0.968 bits per heavy atom. The topological polar surface area (TPSA) is 57.5 Å². The summed E-state index contributed by atoms with van der Waals surface area (Å²) in [5.74, 6) is 0.